The molecule has 1 aliphatic heterocycles. The molecule has 58 heavy (non-hydrogen) atoms. The van der Waals surface area contributed by atoms with Crippen molar-refractivity contribution in [3.63, 3.8) is 0 Å². The minimum Gasteiger partial charge on any atom is -0.311 e. The summed E-state index contributed by atoms with van der Waals surface area (Å²) < 4.78 is 0. The standard InChI is InChI=1S/C54H39N2PS/c58-57(50-24-14-5-15-25-50)53-38-42(40-26-32-48(33-27-40)55(44-16-6-1-7-17-44)45-18-8-2-9-19-45)30-36-51(53)52-37-31-43(39-54(52)57)41-28-34-49(35-29-41)56(46-20-10-3-11-21-46)47-22-12-4-13-23-47/h1-39H. The predicted octanol–water partition coefficient (Wildman–Crippen LogP) is 13.7. The summed E-state index contributed by atoms with van der Waals surface area (Å²) in [7, 11) is 0. The van der Waals surface area contributed by atoms with Gasteiger partial charge in [-0.05, 0) is 124 Å². The molecule has 0 aromatic heterocycles. The highest BCUT2D eigenvalue weighted by atomic mass is 32.4. The van der Waals surface area contributed by atoms with Crippen LogP contribution in [0.2, 0.25) is 0 Å². The Bertz CT molecular complexity index is 2620. The van der Waals surface area contributed by atoms with Gasteiger partial charge in [0.15, 0.2) is 0 Å². The number of para-hydroxylation sites is 4. The Balaban J connectivity index is 1.01. The number of hydrogen-bond donors (Lipinski definition) is 0. The molecule has 0 fully saturated rings. The average molecular weight is 779 g/mol. The Kier molecular flexibility index (Phi) is 9.39. The summed E-state index contributed by atoms with van der Waals surface area (Å²) in [5.74, 6) is 0. The first-order valence-electron chi connectivity index (χ1n) is 19.6. The van der Waals surface area contributed by atoms with E-state index in [0.29, 0.717) is 0 Å². The molecule has 0 amide bonds. The van der Waals surface area contributed by atoms with Crippen LogP contribution in [0.4, 0.5) is 34.1 Å². The highest BCUT2D eigenvalue weighted by molar-refractivity contribution is 8.26. The first kappa shape index (κ1) is 35.6. The fourth-order valence-electron chi connectivity index (χ4n) is 8.25. The zero-order chi connectivity index (χ0) is 38.9. The molecule has 2 nitrogen and oxygen atoms in total. The quantitative estimate of drug-likeness (QED) is 0.135. The van der Waals surface area contributed by atoms with Gasteiger partial charge in [0.25, 0.3) is 0 Å². The molecule has 276 valence electrons. The van der Waals surface area contributed by atoms with Crippen molar-refractivity contribution in [1.82, 2.24) is 0 Å². The fourth-order valence-corrected chi connectivity index (χ4v) is 12.6. The SMILES string of the molecule is S=P1(c2ccccc2)c2cc(-c3ccc(N(c4ccccc4)c4ccccc4)cc3)ccc2-c2ccc(-c3ccc(N(c4ccccc4)c4ccccc4)cc3)cc21. The Morgan fingerprint density at radius 3 is 0.879 bits per heavy atom. The van der Waals surface area contributed by atoms with E-state index in [1.54, 1.807) is 0 Å². The van der Waals surface area contributed by atoms with Crippen LogP contribution >= 0.6 is 6.04 Å². The Labute approximate surface area is 346 Å². The van der Waals surface area contributed by atoms with Crippen molar-refractivity contribution < 1.29 is 0 Å². The van der Waals surface area contributed by atoms with E-state index in [1.165, 1.54) is 49.3 Å². The van der Waals surface area contributed by atoms with Crippen LogP contribution in [0.1, 0.15) is 0 Å². The van der Waals surface area contributed by atoms with Gasteiger partial charge in [0, 0.05) is 50.8 Å². The molecule has 0 bridgehead atoms. The maximum absolute atomic E-state index is 6.99. The monoisotopic (exact) mass is 778 g/mol. The number of anilines is 6. The van der Waals surface area contributed by atoms with Crippen LogP contribution in [0.3, 0.4) is 0 Å². The summed E-state index contributed by atoms with van der Waals surface area (Å²) in [5.41, 5.74) is 13.9. The predicted molar refractivity (Wildman–Crippen MR) is 252 cm³/mol. The number of hydrogen-bond acceptors (Lipinski definition) is 3. The molecule has 9 aromatic carbocycles. The molecular formula is C54H39N2PS. The number of benzene rings is 9. The van der Waals surface area contributed by atoms with E-state index in [2.05, 4.69) is 246 Å². The van der Waals surface area contributed by atoms with Gasteiger partial charge in [-0.3, -0.25) is 0 Å². The van der Waals surface area contributed by atoms with E-state index in [4.69, 9.17) is 11.8 Å². The lowest BCUT2D eigenvalue weighted by molar-refractivity contribution is 1.28. The topological polar surface area (TPSA) is 6.48 Å². The van der Waals surface area contributed by atoms with Gasteiger partial charge in [-0.1, -0.05) is 163 Å². The smallest absolute Gasteiger partial charge is 0.0462 e. The summed E-state index contributed by atoms with van der Waals surface area (Å²) in [5, 5.41) is 3.73. The van der Waals surface area contributed by atoms with Crippen molar-refractivity contribution in [1.29, 1.82) is 0 Å². The summed E-state index contributed by atoms with van der Waals surface area (Å²) >= 11 is 6.99. The Morgan fingerprint density at radius 2 is 0.552 bits per heavy atom. The van der Waals surface area contributed by atoms with Crippen LogP contribution in [0.15, 0.2) is 237 Å². The molecule has 9 aromatic rings. The first-order valence-corrected chi connectivity index (χ1v) is 22.4. The Hall–Kier alpha value is -6.77. The minimum atomic E-state index is -2.39. The second-order valence-corrected chi connectivity index (χ2v) is 18.9. The molecule has 1 aliphatic rings. The Morgan fingerprint density at radius 1 is 0.276 bits per heavy atom. The van der Waals surface area contributed by atoms with Crippen molar-refractivity contribution >= 4 is 67.9 Å². The summed E-state index contributed by atoms with van der Waals surface area (Å²) in [6.45, 7) is 0. The largest absolute Gasteiger partial charge is 0.311 e. The van der Waals surface area contributed by atoms with Gasteiger partial charge in [-0.2, -0.15) is 0 Å². The van der Waals surface area contributed by atoms with E-state index in [0.717, 1.165) is 34.1 Å². The molecule has 0 atom stereocenters. The molecule has 1 heterocycles. The van der Waals surface area contributed by atoms with Gasteiger partial charge in [-0.15, -0.1) is 0 Å². The number of nitrogens with zero attached hydrogens (tertiary/aromatic N) is 2. The fraction of sp³-hybridized carbons (Fsp3) is 0. The molecule has 10 rings (SSSR count). The molecule has 0 aliphatic carbocycles. The lowest BCUT2D eigenvalue weighted by atomic mass is 9.98. The second-order valence-electron chi connectivity index (χ2n) is 14.5. The molecule has 0 N–H and O–H groups in total. The van der Waals surface area contributed by atoms with Gasteiger partial charge in [0.1, 0.15) is 0 Å². The van der Waals surface area contributed by atoms with Crippen LogP contribution < -0.4 is 25.7 Å². The van der Waals surface area contributed by atoms with E-state index >= 15 is 0 Å². The van der Waals surface area contributed by atoms with Crippen LogP contribution in [-0.2, 0) is 11.8 Å². The maximum Gasteiger partial charge on any atom is 0.0462 e. The van der Waals surface area contributed by atoms with Crippen molar-refractivity contribution in [2.75, 3.05) is 9.80 Å². The molecule has 0 radical (unpaired) electrons. The summed E-state index contributed by atoms with van der Waals surface area (Å²) in [6.07, 6.45) is 0. The molecule has 0 unspecified atom stereocenters. The average Bonchev–Trinajstić information content (AvgIpc) is 3.56. The number of fused-ring (bicyclic) bond motifs is 3. The molecule has 0 spiro atoms. The zero-order valence-electron chi connectivity index (χ0n) is 31.8. The normalized spacial score (nSPS) is 12.3. The van der Waals surface area contributed by atoms with Gasteiger partial charge in [0.05, 0.1) is 0 Å². The lowest BCUT2D eigenvalue weighted by Gasteiger charge is -2.25. The van der Waals surface area contributed by atoms with E-state index in [9.17, 15) is 0 Å². The lowest BCUT2D eigenvalue weighted by Crippen LogP contribution is -2.20. The van der Waals surface area contributed by atoms with Gasteiger partial charge in [-0.25, -0.2) is 0 Å². The van der Waals surface area contributed by atoms with Crippen molar-refractivity contribution in [2.24, 2.45) is 0 Å². The van der Waals surface area contributed by atoms with Crippen LogP contribution in [0, 0.1) is 0 Å². The van der Waals surface area contributed by atoms with Gasteiger partial charge in [0.2, 0.25) is 0 Å². The van der Waals surface area contributed by atoms with E-state index in [1.807, 2.05) is 0 Å². The minimum absolute atomic E-state index is 1.11. The molecular weight excluding hydrogens is 740 g/mol. The van der Waals surface area contributed by atoms with Crippen molar-refractivity contribution in [3.8, 4) is 33.4 Å². The third kappa shape index (κ3) is 6.45. The highest BCUT2D eigenvalue weighted by Crippen LogP contribution is 2.54. The van der Waals surface area contributed by atoms with E-state index < -0.39 is 6.04 Å². The third-order valence-corrected chi connectivity index (χ3v) is 16.0. The van der Waals surface area contributed by atoms with E-state index in [-0.39, 0.29) is 0 Å². The number of rotatable bonds is 9. The first-order chi connectivity index (χ1) is 28.6. The highest BCUT2D eigenvalue weighted by Gasteiger charge is 2.36. The summed E-state index contributed by atoms with van der Waals surface area (Å²) in [6, 6.07) is 82.3. The molecule has 4 heteroatoms. The van der Waals surface area contributed by atoms with Gasteiger partial charge < -0.3 is 9.80 Å². The molecule has 0 saturated carbocycles. The second kappa shape index (κ2) is 15.3. The van der Waals surface area contributed by atoms with Crippen LogP contribution in [0.25, 0.3) is 33.4 Å². The van der Waals surface area contributed by atoms with Crippen LogP contribution in [0.5, 0.6) is 0 Å². The summed E-state index contributed by atoms with van der Waals surface area (Å²) in [4.78, 5) is 4.60. The van der Waals surface area contributed by atoms with Crippen molar-refractivity contribution in [2.45, 2.75) is 0 Å². The van der Waals surface area contributed by atoms with Crippen molar-refractivity contribution in [3.05, 3.63) is 237 Å². The third-order valence-electron chi connectivity index (χ3n) is 11.1. The molecule has 0 saturated heterocycles. The zero-order valence-corrected chi connectivity index (χ0v) is 33.5. The van der Waals surface area contributed by atoms with Gasteiger partial charge >= 0.3 is 0 Å². The maximum atomic E-state index is 6.99. The van der Waals surface area contributed by atoms with Crippen LogP contribution in [-0.4, -0.2) is 0 Å².